The molecule has 0 amide bonds. The lowest BCUT2D eigenvalue weighted by Crippen LogP contribution is -2.64. The van der Waals surface area contributed by atoms with Crippen LogP contribution in [0.5, 0.6) is 11.5 Å². The Hall–Kier alpha value is -4.12. The smallest absolute Gasteiger partial charge is 0.339 e. The van der Waals surface area contributed by atoms with E-state index >= 15 is 0 Å². The summed E-state index contributed by atoms with van der Waals surface area (Å²) in [6.45, 7) is 5.18. The topological polar surface area (TPSA) is 194 Å². The van der Waals surface area contributed by atoms with E-state index in [4.69, 9.17) is 63.4 Å². The van der Waals surface area contributed by atoms with Crippen molar-refractivity contribution in [2.75, 3.05) is 46.8 Å². The molecule has 0 aliphatic carbocycles. The molecule has 2 aromatic rings. The number of carbonyl (C=O) groups is 5. The first kappa shape index (κ1) is 37.3. The molecule has 0 unspecified atom stereocenters. The van der Waals surface area contributed by atoms with Gasteiger partial charge in [0.25, 0.3) is 0 Å². The Morgan fingerprint density at radius 2 is 1.43 bits per heavy atom. The minimum absolute atomic E-state index is 0.0200. The molecule has 0 saturated carbocycles. The molecule has 252 valence electrons. The Kier molecular flexibility index (Phi) is 13.6. The fourth-order valence-electron chi connectivity index (χ4n) is 4.79. The number of methoxy groups -OCH3 is 1. The van der Waals surface area contributed by atoms with Gasteiger partial charge in [-0.05, 0) is 11.5 Å². The van der Waals surface area contributed by atoms with Crippen molar-refractivity contribution >= 4 is 67.3 Å². The molecule has 4 radical (unpaired) electrons. The van der Waals surface area contributed by atoms with Crippen LogP contribution in [0, 0.1) is 0 Å². The van der Waals surface area contributed by atoms with Gasteiger partial charge >= 0.3 is 23.9 Å². The third-order valence-electron chi connectivity index (χ3n) is 6.58. The molecule has 0 bridgehead atoms. The summed E-state index contributed by atoms with van der Waals surface area (Å²) in [7, 11) is 13.8. The van der Waals surface area contributed by atoms with Gasteiger partial charge in [0.15, 0.2) is 18.3 Å². The van der Waals surface area contributed by atoms with Crippen molar-refractivity contribution in [3.05, 3.63) is 12.3 Å². The van der Waals surface area contributed by atoms with Gasteiger partial charge in [0, 0.05) is 33.1 Å². The lowest BCUT2D eigenvalue weighted by atomic mass is 9.83. The van der Waals surface area contributed by atoms with E-state index in [9.17, 15) is 24.0 Å². The van der Waals surface area contributed by atoms with Gasteiger partial charge in [0.05, 0.1) is 51.9 Å². The minimum atomic E-state index is -1.72. The number of aromatic nitrogens is 1. The molecule has 5 atom stereocenters. The minimum Gasteiger partial charge on any atom is -0.492 e. The van der Waals surface area contributed by atoms with Crippen LogP contribution < -0.4 is 20.4 Å². The second-order valence-electron chi connectivity index (χ2n) is 10.1. The number of esters is 4. The summed E-state index contributed by atoms with van der Waals surface area (Å²) in [6.07, 6.45) is -6.99. The quantitative estimate of drug-likeness (QED) is 0.0990. The maximum Gasteiger partial charge on any atom is 0.339 e. The number of fused-ring (bicyclic) bond motifs is 1. The molecule has 16 nitrogen and oxygen atoms in total. The van der Waals surface area contributed by atoms with E-state index in [2.05, 4.69) is 0 Å². The number of hydrogen-bond acceptors (Lipinski definition) is 15. The average molecular weight is 659 g/mol. The van der Waals surface area contributed by atoms with Crippen LogP contribution >= 0.6 is 0 Å². The first-order valence-electron chi connectivity index (χ1n) is 14.3. The largest absolute Gasteiger partial charge is 0.492 e. The molecule has 1 saturated heterocycles. The maximum atomic E-state index is 12.8. The second-order valence-corrected chi connectivity index (χ2v) is 10.1. The monoisotopic (exact) mass is 659 g/mol. The van der Waals surface area contributed by atoms with Gasteiger partial charge in [-0.25, -0.2) is 4.79 Å². The Labute approximate surface area is 272 Å². The molecule has 1 aromatic carbocycles. The summed E-state index contributed by atoms with van der Waals surface area (Å²) in [5.41, 5.74) is 0.260. The van der Waals surface area contributed by atoms with Crippen molar-refractivity contribution in [2.24, 2.45) is 0 Å². The van der Waals surface area contributed by atoms with E-state index in [0.717, 1.165) is 27.9 Å². The van der Waals surface area contributed by atoms with E-state index in [-0.39, 0.29) is 73.0 Å². The van der Waals surface area contributed by atoms with Crippen LogP contribution in [0.1, 0.15) is 32.5 Å². The molecule has 47 heavy (non-hydrogen) atoms. The van der Waals surface area contributed by atoms with Crippen LogP contribution in [0.2, 0.25) is 0 Å². The SMILES string of the molecule is [B]c1cc2c(c(O[C@@H]3O[C@H](C(=O)OC)[C@@H](OC(C)=O)[C@H](OC(C)=O)[C@H]3OC(C)=O)cn2C(C)=O)c([B])c1OCCOCCOCCO. The highest BCUT2D eigenvalue weighted by atomic mass is 16.7. The summed E-state index contributed by atoms with van der Waals surface area (Å²) in [6, 6.07) is 1.43. The number of benzene rings is 1. The van der Waals surface area contributed by atoms with Crippen molar-refractivity contribution in [3.8, 4) is 11.5 Å². The molecular formula is C29H35B2NO15. The van der Waals surface area contributed by atoms with Crippen molar-refractivity contribution in [1.29, 1.82) is 0 Å². The van der Waals surface area contributed by atoms with Crippen LogP contribution in [0.25, 0.3) is 10.9 Å². The van der Waals surface area contributed by atoms with E-state index < -0.39 is 60.5 Å². The van der Waals surface area contributed by atoms with Crippen molar-refractivity contribution in [2.45, 2.75) is 58.4 Å². The summed E-state index contributed by atoms with van der Waals surface area (Å²) in [5.74, 6) is -4.15. The van der Waals surface area contributed by atoms with Gasteiger partial charge in [-0.15, -0.1) is 0 Å². The third-order valence-corrected chi connectivity index (χ3v) is 6.58. The zero-order valence-corrected chi connectivity index (χ0v) is 26.5. The predicted octanol–water partition coefficient (Wildman–Crippen LogP) is -1.63. The summed E-state index contributed by atoms with van der Waals surface area (Å²) in [4.78, 5) is 61.7. The van der Waals surface area contributed by atoms with Gasteiger partial charge in [0.2, 0.25) is 18.3 Å². The Morgan fingerprint density at radius 3 is 2.00 bits per heavy atom. The van der Waals surface area contributed by atoms with Crippen LogP contribution in [0.15, 0.2) is 12.3 Å². The highest BCUT2D eigenvalue weighted by molar-refractivity contribution is 6.47. The molecule has 1 fully saturated rings. The molecule has 1 aliphatic rings. The molecule has 3 rings (SSSR count). The molecular weight excluding hydrogens is 624 g/mol. The number of ether oxygens (including phenoxy) is 9. The zero-order valence-electron chi connectivity index (χ0n) is 26.5. The summed E-state index contributed by atoms with van der Waals surface area (Å²) in [5, 5.41) is 8.89. The van der Waals surface area contributed by atoms with Gasteiger partial charge in [-0.3, -0.25) is 23.7 Å². The molecule has 1 aliphatic heterocycles. The number of rotatable bonds is 15. The summed E-state index contributed by atoms with van der Waals surface area (Å²) < 4.78 is 50.4. The normalized spacial score (nSPS) is 20.7. The van der Waals surface area contributed by atoms with Crippen molar-refractivity contribution < 1.29 is 71.7 Å². The summed E-state index contributed by atoms with van der Waals surface area (Å²) >= 11 is 0. The van der Waals surface area contributed by atoms with Crippen molar-refractivity contribution in [1.82, 2.24) is 4.57 Å². The predicted molar refractivity (Wildman–Crippen MR) is 161 cm³/mol. The second kappa shape index (κ2) is 17.2. The fourth-order valence-corrected chi connectivity index (χ4v) is 4.79. The first-order chi connectivity index (χ1) is 22.3. The number of aliphatic hydroxyl groups excluding tert-OH is 1. The van der Waals surface area contributed by atoms with Crippen molar-refractivity contribution in [3.63, 3.8) is 0 Å². The highest BCUT2D eigenvalue weighted by Crippen LogP contribution is 2.35. The van der Waals surface area contributed by atoms with Crippen LogP contribution in [0.3, 0.4) is 0 Å². The Morgan fingerprint density at radius 1 is 0.851 bits per heavy atom. The molecule has 0 spiro atoms. The van der Waals surface area contributed by atoms with Gasteiger partial charge in [-0.1, -0.05) is 5.46 Å². The standard InChI is InChI=1S/C29H35B2NO15/c1-14(34)32-13-20(21-19(32)12-18(30)23(22(21)31)42-11-10-41-9-8-40-7-6-33)46-29-27(45-17(4)37)25(44-16(3)36)24(43-15(2)35)26(47-29)28(38)39-5/h12-13,24-27,29,33H,6-11H2,1-5H3/t24-,25-,26-,27+,29+/m0/s1. The van der Waals surface area contributed by atoms with E-state index in [1.165, 1.54) is 23.8 Å². The number of carbonyl (C=O) groups excluding carboxylic acids is 5. The Balaban J connectivity index is 2.04. The van der Waals surface area contributed by atoms with E-state index in [1.807, 2.05) is 0 Å². The fraction of sp³-hybridized carbons (Fsp3) is 0.552. The third kappa shape index (κ3) is 9.47. The lowest BCUT2D eigenvalue weighted by Gasteiger charge is -2.43. The maximum absolute atomic E-state index is 12.8. The molecule has 18 heteroatoms. The number of nitrogens with zero attached hydrogens (tertiary/aromatic N) is 1. The van der Waals surface area contributed by atoms with Crippen LogP contribution in [0.4, 0.5) is 0 Å². The highest BCUT2D eigenvalue weighted by Gasteiger charge is 2.56. The van der Waals surface area contributed by atoms with Gasteiger partial charge in [0.1, 0.15) is 33.8 Å². The molecule has 2 heterocycles. The Bertz CT molecular complexity index is 1460. The molecule has 1 aromatic heterocycles. The number of aliphatic hydroxyl groups is 1. The van der Waals surface area contributed by atoms with Gasteiger partial charge < -0.3 is 47.7 Å². The number of hydrogen-bond donors (Lipinski definition) is 1. The van der Waals surface area contributed by atoms with Crippen LogP contribution in [-0.2, 0) is 52.3 Å². The van der Waals surface area contributed by atoms with Gasteiger partial charge in [-0.2, -0.15) is 0 Å². The first-order valence-corrected chi connectivity index (χ1v) is 14.3. The average Bonchev–Trinajstić information content (AvgIpc) is 3.35. The zero-order chi connectivity index (χ0) is 34.8. The van der Waals surface area contributed by atoms with Crippen LogP contribution in [-0.4, -0.2) is 133 Å². The van der Waals surface area contributed by atoms with E-state index in [1.54, 1.807) is 0 Å². The van der Waals surface area contributed by atoms with E-state index in [0.29, 0.717) is 0 Å². The molecule has 1 N–H and O–H groups in total. The lowest BCUT2D eigenvalue weighted by molar-refractivity contribution is -0.282.